The molecule has 0 aliphatic heterocycles. The first-order valence-electron chi connectivity index (χ1n) is 6.56. The van der Waals surface area contributed by atoms with Gasteiger partial charge in [-0.15, -0.1) is 0 Å². The van der Waals surface area contributed by atoms with Crippen LogP contribution in [0.3, 0.4) is 0 Å². The minimum atomic E-state index is -0.984. The van der Waals surface area contributed by atoms with Gasteiger partial charge >= 0.3 is 5.97 Å². The number of ether oxygens (including phenoxy) is 1. The van der Waals surface area contributed by atoms with E-state index in [9.17, 15) is 9.59 Å². The summed E-state index contributed by atoms with van der Waals surface area (Å²) in [5, 5.41) is 12.1. The van der Waals surface area contributed by atoms with Crippen LogP contribution in [0, 0.1) is 0 Å². The molecule has 0 atom stereocenters. The van der Waals surface area contributed by atoms with E-state index in [1.165, 1.54) is 12.1 Å². The zero-order valence-corrected chi connectivity index (χ0v) is 12.3. The number of carboxylic acid groups (broad SMARTS) is 1. The average molecular weight is 320 g/mol. The van der Waals surface area contributed by atoms with Gasteiger partial charge in [0.05, 0.1) is 12.1 Å². The SMILES string of the molecule is O=C(O)c1ccc(OCCNC(=O)c2ccc(Cl)cc2)cc1. The van der Waals surface area contributed by atoms with Crippen LogP contribution in [-0.4, -0.2) is 30.1 Å². The van der Waals surface area contributed by atoms with Crippen LogP contribution in [0.25, 0.3) is 0 Å². The summed E-state index contributed by atoms with van der Waals surface area (Å²) in [5.74, 6) is -0.644. The van der Waals surface area contributed by atoms with Gasteiger partial charge in [-0.05, 0) is 48.5 Å². The number of hydrogen-bond acceptors (Lipinski definition) is 3. The molecule has 114 valence electrons. The molecule has 0 spiro atoms. The summed E-state index contributed by atoms with van der Waals surface area (Å²) < 4.78 is 5.42. The molecule has 2 rings (SSSR count). The summed E-state index contributed by atoms with van der Waals surface area (Å²) in [5.41, 5.74) is 0.721. The fraction of sp³-hybridized carbons (Fsp3) is 0.125. The molecule has 0 saturated heterocycles. The van der Waals surface area contributed by atoms with Crippen molar-refractivity contribution in [2.45, 2.75) is 0 Å². The van der Waals surface area contributed by atoms with Gasteiger partial charge in [-0.25, -0.2) is 4.79 Å². The van der Waals surface area contributed by atoms with Crippen LogP contribution in [0.2, 0.25) is 5.02 Å². The van der Waals surface area contributed by atoms with Crippen molar-refractivity contribution >= 4 is 23.5 Å². The van der Waals surface area contributed by atoms with Crippen molar-refractivity contribution in [1.82, 2.24) is 5.32 Å². The summed E-state index contributed by atoms with van der Waals surface area (Å²) in [6.07, 6.45) is 0. The summed E-state index contributed by atoms with van der Waals surface area (Å²) >= 11 is 5.75. The first kappa shape index (κ1) is 15.9. The van der Waals surface area contributed by atoms with Crippen LogP contribution < -0.4 is 10.1 Å². The van der Waals surface area contributed by atoms with Crippen molar-refractivity contribution in [2.75, 3.05) is 13.2 Å². The molecule has 1 amide bonds. The molecule has 0 radical (unpaired) electrons. The Morgan fingerprint density at radius 3 is 2.18 bits per heavy atom. The third kappa shape index (κ3) is 4.49. The average Bonchev–Trinajstić information content (AvgIpc) is 2.52. The van der Waals surface area contributed by atoms with Crippen molar-refractivity contribution in [1.29, 1.82) is 0 Å². The quantitative estimate of drug-likeness (QED) is 0.803. The van der Waals surface area contributed by atoms with Crippen molar-refractivity contribution in [2.24, 2.45) is 0 Å². The molecule has 0 unspecified atom stereocenters. The third-order valence-electron chi connectivity index (χ3n) is 2.86. The largest absolute Gasteiger partial charge is 0.492 e. The second kappa shape index (κ2) is 7.47. The summed E-state index contributed by atoms with van der Waals surface area (Å²) in [4.78, 5) is 22.5. The lowest BCUT2D eigenvalue weighted by Crippen LogP contribution is -2.28. The van der Waals surface area contributed by atoms with Gasteiger partial charge < -0.3 is 15.2 Å². The number of rotatable bonds is 6. The Morgan fingerprint density at radius 2 is 1.59 bits per heavy atom. The highest BCUT2D eigenvalue weighted by molar-refractivity contribution is 6.30. The number of carboxylic acids is 1. The minimum Gasteiger partial charge on any atom is -0.492 e. The number of amides is 1. The van der Waals surface area contributed by atoms with E-state index in [0.29, 0.717) is 22.9 Å². The van der Waals surface area contributed by atoms with E-state index in [4.69, 9.17) is 21.4 Å². The number of carbonyl (C=O) groups excluding carboxylic acids is 1. The van der Waals surface area contributed by atoms with Crippen molar-refractivity contribution < 1.29 is 19.4 Å². The minimum absolute atomic E-state index is 0.198. The van der Waals surface area contributed by atoms with Crippen LogP contribution in [0.5, 0.6) is 5.75 Å². The Labute approximate surface area is 132 Å². The predicted molar refractivity (Wildman–Crippen MR) is 82.7 cm³/mol. The first-order chi connectivity index (χ1) is 10.6. The van der Waals surface area contributed by atoms with Crippen LogP contribution >= 0.6 is 11.6 Å². The molecule has 0 aliphatic carbocycles. The van der Waals surface area contributed by atoms with Gasteiger partial charge in [0.1, 0.15) is 12.4 Å². The molecule has 0 aliphatic rings. The molecule has 22 heavy (non-hydrogen) atoms. The molecule has 0 fully saturated rings. The normalized spacial score (nSPS) is 10.0. The summed E-state index contributed by atoms with van der Waals surface area (Å²) in [6, 6.07) is 12.7. The number of benzene rings is 2. The topological polar surface area (TPSA) is 75.6 Å². The molecular weight excluding hydrogens is 306 g/mol. The Bertz CT molecular complexity index is 653. The second-order valence-electron chi connectivity index (χ2n) is 4.44. The fourth-order valence-corrected chi connectivity index (χ4v) is 1.86. The van der Waals surface area contributed by atoms with Crippen LogP contribution in [0.1, 0.15) is 20.7 Å². The number of nitrogens with one attached hydrogen (secondary N) is 1. The van der Waals surface area contributed by atoms with E-state index in [-0.39, 0.29) is 18.1 Å². The van der Waals surface area contributed by atoms with Crippen LogP contribution in [0.15, 0.2) is 48.5 Å². The highest BCUT2D eigenvalue weighted by Gasteiger charge is 2.05. The Balaban J connectivity index is 1.75. The zero-order valence-electron chi connectivity index (χ0n) is 11.6. The molecule has 6 heteroatoms. The smallest absolute Gasteiger partial charge is 0.335 e. The Morgan fingerprint density at radius 1 is 1.00 bits per heavy atom. The maximum absolute atomic E-state index is 11.8. The highest BCUT2D eigenvalue weighted by atomic mass is 35.5. The lowest BCUT2D eigenvalue weighted by Gasteiger charge is -2.08. The van der Waals surface area contributed by atoms with Gasteiger partial charge in [0, 0.05) is 10.6 Å². The Hall–Kier alpha value is -2.53. The van der Waals surface area contributed by atoms with Gasteiger partial charge in [-0.3, -0.25) is 4.79 Å². The number of halogens is 1. The third-order valence-corrected chi connectivity index (χ3v) is 3.12. The van der Waals surface area contributed by atoms with E-state index in [1.54, 1.807) is 36.4 Å². The van der Waals surface area contributed by atoms with Crippen molar-refractivity contribution in [3.8, 4) is 5.75 Å². The maximum atomic E-state index is 11.8. The summed E-state index contributed by atoms with van der Waals surface area (Å²) in [6.45, 7) is 0.619. The van der Waals surface area contributed by atoms with E-state index in [2.05, 4.69) is 5.32 Å². The lowest BCUT2D eigenvalue weighted by molar-refractivity contribution is 0.0696. The van der Waals surface area contributed by atoms with Gasteiger partial charge in [0.25, 0.3) is 5.91 Å². The van der Waals surface area contributed by atoms with Gasteiger partial charge in [0.15, 0.2) is 0 Å². The molecule has 2 aromatic carbocycles. The van der Waals surface area contributed by atoms with E-state index in [1.807, 2.05) is 0 Å². The maximum Gasteiger partial charge on any atom is 0.335 e. The second-order valence-corrected chi connectivity index (χ2v) is 4.88. The highest BCUT2D eigenvalue weighted by Crippen LogP contribution is 2.12. The molecule has 5 nitrogen and oxygen atoms in total. The first-order valence-corrected chi connectivity index (χ1v) is 6.94. The number of carbonyl (C=O) groups is 2. The lowest BCUT2D eigenvalue weighted by atomic mass is 10.2. The van der Waals surface area contributed by atoms with Gasteiger partial charge in [0.2, 0.25) is 0 Å². The van der Waals surface area contributed by atoms with Crippen molar-refractivity contribution in [3.63, 3.8) is 0 Å². The standard InChI is InChI=1S/C16H14ClNO4/c17-13-5-1-11(2-6-13)15(19)18-9-10-22-14-7-3-12(4-8-14)16(20)21/h1-8H,9-10H2,(H,18,19)(H,20,21). The monoisotopic (exact) mass is 319 g/mol. The molecule has 0 saturated carbocycles. The van der Waals surface area contributed by atoms with E-state index in [0.717, 1.165) is 0 Å². The molecule has 2 aromatic rings. The van der Waals surface area contributed by atoms with Crippen molar-refractivity contribution in [3.05, 3.63) is 64.7 Å². The van der Waals surface area contributed by atoms with E-state index < -0.39 is 5.97 Å². The van der Waals surface area contributed by atoms with Crippen LogP contribution in [0.4, 0.5) is 0 Å². The molecular formula is C16H14ClNO4. The van der Waals surface area contributed by atoms with Crippen LogP contribution in [-0.2, 0) is 0 Å². The Kier molecular flexibility index (Phi) is 5.38. The zero-order chi connectivity index (χ0) is 15.9. The summed E-state index contributed by atoms with van der Waals surface area (Å²) in [7, 11) is 0. The number of aromatic carboxylic acids is 1. The van der Waals surface area contributed by atoms with Gasteiger partial charge in [-0.1, -0.05) is 11.6 Å². The molecule has 0 bridgehead atoms. The van der Waals surface area contributed by atoms with Gasteiger partial charge in [-0.2, -0.15) is 0 Å². The molecule has 0 aromatic heterocycles. The van der Waals surface area contributed by atoms with E-state index >= 15 is 0 Å². The fourth-order valence-electron chi connectivity index (χ4n) is 1.73. The number of hydrogen-bond donors (Lipinski definition) is 2. The molecule has 2 N–H and O–H groups in total. The molecule has 0 heterocycles. The predicted octanol–water partition coefficient (Wildman–Crippen LogP) is 2.85.